The van der Waals surface area contributed by atoms with Crippen LogP contribution in [-0.2, 0) is 11.2 Å². The maximum absolute atomic E-state index is 11.2. The molecule has 14 heavy (non-hydrogen) atoms. The van der Waals surface area contributed by atoms with Gasteiger partial charge in [0.05, 0.1) is 0 Å². The van der Waals surface area contributed by atoms with Gasteiger partial charge in [-0.25, -0.2) is 0 Å². The minimum Gasteiger partial charge on any atom is -0.454 e. The van der Waals surface area contributed by atoms with Crippen LogP contribution >= 0.6 is 15.9 Å². The van der Waals surface area contributed by atoms with Crippen molar-refractivity contribution in [3.63, 3.8) is 0 Å². The molecule has 0 aliphatic heterocycles. The average molecular weight is 257 g/mol. The molecular weight excluding hydrogens is 244 g/mol. The van der Waals surface area contributed by atoms with E-state index in [0.29, 0.717) is 11.7 Å². The van der Waals surface area contributed by atoms with Gasteiger partial charge in [0.1, 0.15) is 11.5 Å². The van der Waals surface area contributed by atoms with E-state index in [9.17, 15) is 4.79 Å². The Bertz CT molecular complexity index is 330. The lowest BCUT2D eigenvalue weighted by Gasteiger charge is -2.19. The molecule has 0 aromatic carbocycles. The van der Waals surface area contributed by atoms with Crippen LogP contribution in [0.2, 0.25) is 0 Å². The van der Waals surface area contributed by atoms with Crippen LogP contribution in [0.15, 0.2) is 21.2 Å². The van der Waals surface area contributed by atoms with E-state index in [-0.39, 0.29) is 0 Å². The van der Waals surface area contributed by atoms with Crippen LogP contribution in [0.5, 0.6) is 0 Å². The van der Waals surface area contributed by atoms with Crippen molar-refractivity contribution in [2.45, 2.75) is 32.1 Å². The average Bonchev–Trinajstić information content (AvgIpc) is 2.51. The third-order valence-corrected chi connectivity index (χ3v) is 3.13. The van der Waals surface area contributed by atoms with Crippen molar-refractivity contribution in [2.24, 2.45) is 5.92 Å². The molecule has 1 aromatic rings. The summed E-state index contributed by atoms with van der Waals surface area (Å²) in [6.45, 7) is 0. The van der Waals surface area contributed by atoms with E-state index in [1.807, 2.05) is 12.1 Å². The molecule has 1 atom stereocenters. The second kappa shape index (κ2) is 4.30. The lowest BCUT2D eigenvalue weighted by molar-refractivity contribution is -0.121. The summed E-state index contributed by atoms with van der Waals surface area (Å²) in [5, 5.41) is 0. The van der Waals surface area contributed by atoms with E-state index in [1.165, 1.54) is 0 Å². The summed E-state index contributed by atoms with van der Waals surface area (Å²) in [5.74, 6) is 1.89. The Kier molecular flexibility index (Phi) is 3.06. The Hall–Kier alpha value is -0.570. The van der Waals surface area contributed by atoms with E-state index in [0.717, 1.165) is 42.5 Å². The first-order valence-electron chi connectivity index (χ1n) is 5.00. The predicted molar refractivity (Wildman–Crippen MR) is 57.1 cm³/mol. The van der Waals surface area contributed by atoms with Gasteiger partial charge in [-0.2, -0.15) is 0 Å². The number of carbonyl (C=O) groups excluding carboxylic acids is 1. The van der Waals surface area contributed by atoms with E-state index in [2.05, 4.69) is 15.9 Å². The highest BCUT2D eigenvalue weighted by Crippen LogP contribution is 2.26. The molecular formula is C11H13BrO2. The van der Waals surface area contributed by atoms with Crippen LogP contribution < -0.4 is 0 Å². The lowest BCUT2D eigenvalue weighted by atomic mass is 9.85. The third kappa shape index (κ3) is 2.47. The zero-order valence-corrected chi connectivity index (χ0v) is 9.55. The zero-order chi connectivity index (χ0) is 9.97. The van der Waals surface area contributed by atoms with Crippen molar-refractivity contribution in [3.8, 4) is 0 Å². The largest absolute Gasteiger partial charge is 0.454 e. The molecule has 0 radical (unpaired) electrons. The van der Waals surface area contributed by atoms with Gasteiger partial charge in [0.15, 0.2) is 4.67 Å². The van der Waals surface area contributed by atoms with Crippen LogP contribution in [0.3, 0.4) is 0 Å². The Morgan fingerprint density at radius 2 is 2.36 bits per heavy atom. The number of hydrogen-bond donors (Lipinski definition) is 0. The quantitative estimate of drug-likeness (QED) is 0.813. The molecule has 0 N–H and O–H groups in total. The first-order chi connectivity index (χ1) is 6.74. The van der Waals surface area contributed by atoms with Crippen LogP contribution in [0, 0.1) is 5.92 Å². The number of ketones is 1. The summed E-state index contributed by atoms with van der Waals surface area (Å²) in [6, 6.07) is 3.88. The van der Waals surface area contributed by atoms with Gasteiger partial charge in [0, 0.05) is 19.3 Å². The highest BCUT2D eigenvalue weighted by Gasteiger charge is 2.20. The van der Waals surface area contributed by atoms with Crippen molar-refractivity contribution < 1.29 is 9.21 Å². The second-order valence-corrected chi connectivity index (χ2v) is 4.69. The molecule has 2 rings (SSSR count). The molecule has 1 unspecified atom stereocenters. The zero-order valence-electron chi connectivity index (χ0n) is 7.96. The van der Waals surface area contributed by atoms with Crippen LogP contribution in [0.4, 0.5) is 0 Å². The monoisotopic (exact) mass is 256 g/mol. The Labute approximate surface area is 91.8 Å². The van der Waals surface area contributed by atoms with Gasteiger partial charge in [-0.05, 0) is 46.8 Å². The van der Waals surface area contributed by atoms with E-state index in [4.69, 9.17) is 4.42 Å². The highest BCUT2D eigenvalue weighted by atomic mass is 79.9. The molecule has 0 amide bonds. The van der Waals surface area contributed by atoms with E-state index >= 15 is 0 Å². The molecule has 1 aliphatic rings. The van der Waals surface area contributed by atoms with E-state index < -0.39 is 0 Å². The fraction of sp³-hybridized carbons (Fsp3) is 0.545. The summed E-state index contributed by atoms with van der Waals surface area (Å²) < 4.78 is 6.20. The van der Waals surface area contributed by atoms with Gasteiger partial charge in [0.2, 0.25) is 0 Å². The van der Waals surface area contributed by atoms with Gasteiger partial charge >= 0.3 is 0 Å². The minimum absolute atomic E-state index is 0.409. The second-order valence-electron chi connectivity index (χ2n) is 3.91. The van der Waals surface area contributed by atoms with Crippen molar-refractivity contribution >= 4 is 21.7 Å². The fourth-order valence-electron chi connectivity index (χ4n) is 2.03. The summed E-state index contributed by atoms with van der Waals surface area (Å²) in [6.07, 6.45) is 4.61. The minimum atomic E-state index is 0.409. The molecule has 1 fully saturated rings. The molecule has 3 heteroatoms. The van der Waals surface area contributed by atoms with Crippen LogP contribution in [0.1, 0.15) is 31.4 Å². The molecule has 0 bridgehead atoms. The number of Topliss-reactive ketones (excluding diaryl/α,β-unsaturated/α-hetero) is 1. The van der Waals surface area contributed by atoms with Gasteiger partial charge in [-0.15, -0.1) is 0 Å². The molecule has 76 valence electrons. The third-order valence-electron chi connectivity index (χ3n) is 2.70. The maximum atomic E-state index is 11.2. The SMILES string of the molecule is O=C1CCCC(Cc2ccc(Br)o2)C1. The van der Waals surface area contributed by atoms with Crippen molar-refractivity contribution in [2.75, 3.05) is 0 Å². The van der Waals surface area contributed by atoms with Gasteiger partial charge in [0.25, 0.3) is 0 Å². The normalized spacial score (nSPS) is 22.6. The van der Waals surface area contributed by atoms with Crippen molar-refractivity contribution in [3.05, 3.63) is 22.6 Å². The lowest BCUT2D eigenvalue weighted by Crippen LogP contribution is -2.16. The van der Waals surface area contributed by atoms with Crippen LogP contribution in [-0.4, -0.2) is 5.78 Å². The Balaban J connectivity index is 1.93. The molecule has 1 aliphatic carbocycles. The first kappa shape index (κ1) is 9.97. The smallest absolute Gasteiger partial charge is 0.169 e. The number of carbonyl (C=O) groups is 1. The van der Waals surface area contributed by atoms with Gasteiger partial charge in [-0.1, -0.05) is 0 Å². The molecule has 0 saturated heterocycles. The maximum Gasteiger partial charge on any atom is 0.169 e. The number of furan rings is 1. The standard InChI is InChI=1S/C11H13BrO2/c12-11-5-4-10(14-11)7-8-2-1-3-9(13)6-8/h4-5,8H,1-3,6-7H2. The summed E-state index contributed by atoms with van der Waals surface area (Å²) in [5.41, 5.74) is 0. The molecule has 0 spiro atoms. The van der Waals surface area contributed by atoms with Crippen molar-refractivity contribution in [1.29, 1.82) is 0 Å². The molecule has 1 heterocycles. The molecule has 1 saturated carbocycles. The predicted octanol–water partition coefficient (Wildman–Crippen LogP) is 3.34. The number of halogens is 1. The number of hydrogen-bond acceptors (Lipinski definition) is 2. The summed E-state index contributed by atoms with van der Waals surface area (Å²) >= 11 is 3.28. The molecule has 2 nitrogen and oxygen atoms in total. The Morgan fingerprint density at radius 3 is 3.00 bits per heavy atom. The number of rotatable bonds is 2. The van der Waals surface area contributed by atoms with Gasteiger partial charge in [-0.3, -0.25) is 4.79 Å². The van der Waals surface area contributed by atoms with Gasteiger partial charge < -0.3 is 4.42 Å². The molecule has 1 aromatic heterocycles. The fourth-order valence-corrected chi connectivity index (χ4v) is 2.37. The Morgan fingerprint density at radius 1 is 1.50 bits per heavy atom. The summed E-state index contributed by atoms with van der Waals surface area (Å²) in [4.78, 5) is 11.2. The first-order valence-corrected chi connectivity index (χ1v) is 5.79. The topological polar surface area (TPSA) is 30.2 Å². The highest BCUT2D eigenvalue weighted by molar-refractivity contribution is 9.10. The van der Waals surface area contributed by atoms with E-state index in [1.54, 1.807) is 0 Å². The summed E-state index contributed by atoms with van der Waals surface area (Å²) in [7, 11) is 0. The van der Waals surface area contributed by atoms with Crippen molar-refractivity contribution in [1.82, 2.24) is 0 Å². The van der Waals surface area contributed by atoms with Crippen LogP contribution in [0.25, 0.3) is 0 Å².